The molecule has 1 atom stereocenters. The number of carbonyl (C=O) groups is 1. The van der Waals surface area contributed by atoms with E-state index in [1.807, 2.05) is 0 Å². The van der Waals surface area contributed by atoms with Crippen molar-refractivity contribution in [3.05, 3.63) is 23.6 Å². The largest absolute Gasteiger partial charge is 0.460 e. The van der Waals surface area contributed by atoms with Gasteiger partial charge in [0, 0.05) is 18.8 Å². The summed E-state index contributed by atoms with van der Waals surface area (Å²) < 4.78 is 23.8. The van der Waals surface area contributed by atoms with Crippen molar-refractivity contribution in [1.29, 1.82) is 0 Å². The number of unbranched alkanes of at least 4 members (excludes halogenated alkanes) is 1. The fourth-order valence-electron chi connectivity index (χ4n) is 4.47. The van der Waals surface area contributed by atoms with Crippen LogP contribution in [0.2, 0.25) is 70.5 Å². The van der Waals surface area contributed by atoms with E-state index in [-0.39, 0.29) is 13.2 Å². The number of esters is 1. The maximum Gasteiger partial charge on any atom is 0.333 e. The molecule has 0 heterocycles. The number of carbonyl (C=O) groups excluding carboxylic acids is 1. The molecule has 0 aliphatic heterocycles. The van der Waals surface area contributed by atoms with Crippen LogP contribution in [-0.4, -0.2) is 76.6 Å². The normalized spacial score (nSPS) is 13.9. The molecule has 0 fully saturated rings. The summed E-state index contributed by atoms with van der Waals surface area (Å²) in [4.78, 5) is 12.8. The molecule has 0 aromatic heterocycles. The van der Waals surface area contributed by atoms with E-state index in [2.05, 4.69) is 72.5 Å². The van der Waals surface area contributed by atoms with Crippen LogP contribution in [0, 0.1) is 0 Å². The van der Waals surface area contributed by atoms with Gasteiger partial charge in [0.15, 0.2) is 25.0 Å². The predicted molar refractivity (Wildman–Crippen MR) is 167 cm³/mol. The number of hydrogen-bond donors (Lipinski definition) is 1. The highest BCUT2D eigenvalue weighted by Crippen LogP contribution is 2.32. The fraction of sp³-hybridized carbons (Fsp3) is 0.815. The van der Waals surface area contributed by atoms with E-state index in [4.69, 9.17) is 18.0 Å². The highest BCUT2D eigenvalue weighted by atomic mass is 28.4. The van der Waals surface area contributed by atoms with Crippen molar-refractivity contribution >= 4 is 39.0 Å². The van der Waals surface area contributed by atoms with E-state index < -0.39 is 45.1 Å². The minimum atomic E-state index is -2.05. The van der Waals surface area contributed by atoms with Gasteiger partial charge in [-0.15, -0.1) is 6.58 Å². The molecule has 218 valence electrons. The first-order chi connectivity index (χ1) is 16.9. The first-order valence-corrected chi connectivity index (χ1v) is 26.3. The number of hydrogen-bond acceptors (Lipinski definition) is 6. The van der Waals surface area contributed by atoms with Crippen molar-refractivity contribution < 1.29 is 27.9 Å². The lowest BCUT2D eigenvalue weighted by Crippen LogP contribution is -2.52. The molecule has 0 saturated carbocycles. The second kappa shape index (κ2) is 16.7. The zero-order valence-corrected chi connectivity index (χ0v) is 29.8. The Bertz CT molecular complexity index is 722. The van der Waals surface area contributed by atoms with Crippen LogP contribution in [0.25, 0.3) is 0 Å². The molecule has 0 saturated heterocycles. The van der Waals surface area contributed by atoms with Gasteiger partial charge >= 0.3 is 5.97 Å². The molecule has 0 rings (SSSR count). The Kier molecular flexibility index (Phi) is 16.5. The molecule has 37 heavy (non-hydrogen) atoms. The van der Waals surface area contributed by atoms with Crippen LogP contribution in [0.15, 0.2) is 23.6 Å². The Hall–Kier alpha value is -0.342. The maximum absolute atomic E-state index is 11.4. The first-order valence-electron chi connectivity index (χ1n) is 14.0. The summed E-state index contributed by atoms with van der Waals surface area (Å²) in [7, 11) is -7.10. The van der Waals surface area contributed by atoms with Gasteiger partial charge < -0.3 is 23.1 Å². The Morgan fingerprint density at radius 1 is 0.838 bits per heavy atom. The molecule has 0 amide bonds. The van der Waals surface area contributed by atoms with Gasteiger partial charge in [-0.3, -0.25) is 0 Å². The van der Waals surface area contributed by atoms with Gasteiger partial charge in [-0.05, 0) is 71.1 Å². The average molecular weight is 591 g/mol. The number of aliphatic hydroxyl groups is 1. The van der Waals surface area contributed by atoms with Gasteiger partial charge in [-0.25, -0.2) is 4.79 Å². The molecular weight excluding hydrogens is 533 g/mol. The third-order valence-corrected chi connectivity index (χ3v) is 23.7. The molecule has 0 aliphatic rings. The predicted octanol–water partition coefficient (Wildman–Crippen LogP) is 7.06. The summed E-state index contributed by atoms with van der Waals surface area (Å²) >= 11 is 0. The van der Waals surface area contributed by atoms with Crippen molar-refractivity contribution in [1.82, 2.24) is 0 Å². The van der Waals surface area contributed by atoms with Crippen LogP contribution in [0.1, 0.15) is 39.5 Å². The van der Waals surface area contributed by atoms with Crippen LogP contribution in [0.4, 0.5) is 0 Å². The lowest BCUT2D eigenvalue weighted by atomic mass is 10.3. The lowest BCUT2D eigenvalue weighted by Gasteiger charge is -2.40. The second-order valence-electron chi connectivity index (χ2n) is 12.8. The third kappa shape index (κ3) is 16.4. The molecular formula is C27H58O6Si4. The van der Waals surface area contributed by atoms with Crippen LogP contribution in [-0.2, 0) is 22.8 Å². The van der Waals surface area contributed by atoms with Crippen molar-refractivity contribution in [2.75, 3.05) is 26.4 Å². The number of ether oxygens (including phenoxy) is 2. The fourth-order valence-corrected chi connectivity index (χ4v) is 22.6. The molecule has 0 radical (unpaired) electrons. The second-order valence-corrected chi connectivity index (χ2v) is 30.9. The van der Waals surface area contributed by atoms with Crippen molar-refractivity contribution in [2.45, 2.75) is 116 Å². The topological polar surface area (TPSA) is 74.2 Å². The standard InChI is InChI=1S/C27H58O6Si4/c1-13-14-20-35(7,8)32-18-16-19-34(5,6)25(4)37(11,12)33-36(9,10)21-15-17-30-22-26(28)23-31-27(29)24(2)3/h26,28H,2,4,13-23H2,1,3,5-12H3. The van der Waals surface area contributed by atoms with Crippen LogP contribution in [0.5, 0.6) is 0 Å². The van der Waals surface area contributed by atoms with E-state index in [1.165, 1.54) is 29.7 Å². The molecule has 0 aliphatic carbocycles. The molecule has 0 bridgehead atoms. The van der Waals surface area contributed by atoms with Gasteiger partial charge in [-0.2, -0.15) is 0 Å². The molecule has 1 N–H and O–H groups in total. The highest BCUT2D eigenvalue weighted by Gasteiger charge is 2.41. The zero-order valence-electron chi connectivity index (χ0n) is 25.8. The maximum atomic E-state index is 11.4. The van der Waals surface area contributed by atoms with Crippen molar-refractivity contribution in [2.24, 2.45) is 0 Å². The van der Waals surface area contributed by atoms with Crippen molar-refractivity contribution in [3.8, 4) is 0 Å². The van der Waals surface area contributed by atoms with Crippen LogP contribution < -0.4 is 0 Å². The van der Waals surface area contributed by atoms with E-state index >= 15 is 0 Å². The molecule has 1 unspecified atom stereocenters. The molecule has 6 nitrogen and oxygen atoms in total. The summed E-state index contributed by atoms with van der Waals surface area (Å²) in [6.45, 7) is 32.2. The molecule has 0 spiro atoms. The monoisotopic (exact) mass is 590 g/mol. The van der Waals surface area contributed by atoms with Crippen LogP contribution in [0.3, 0.4) is 0 Å². The summed E-state index contributed by atoms with van der Waals surface area (Å²) in [5, 5.41) is 9.93. The van der Waals surface area contributed by atoms with Gasteiger partial charge in [0.05, 0.1) is 14.7 Å². The molecule has 0 aromatic rings. The molecule has 0 aromatic carbocycles. The van der Waals surface area contributed by atoms with Gasteiger partial charge in [0.25, 0.3) is 0 Å². The quantitative estimate of drug-likeness (QED) is 0.0668. The number of rotatable bonds is 21. The Labute approximate surface area is 232 Å². The van der Waals surface area contributed by atoms with E-state index in [9.17, 15) is 9.90 Å². The van der Waals surface area contributed by atoms with E-state index in [1.54, 1.807) is 6.92 Å². The minimum Gasteiger partial charge on any atom is -0.460 e. The Balaban J connectivity index is 4.51. The summed E-state index contributed by atoms with van der Waals surface area (Å²) in [6, 6.07) is 3.44. The van der Waals surface area contributed by atoms with E-state index in [0.29, 0.717) is 12.2 Å². The SMILES string of the molecule is C=C(C)C(=O)OCC(O)COCCC[Si](C)(C)O[Si](C)(C)C(=C)[Si](C)(C)CCCO[Si](C)(C)CCCC. The van der Waals surface area contributed by atoms with Gasteiger partial charge in [0.2, 0.25) is 0 Å². The van der Waals surface area contributed by atoms with Gasteiger partial charge in [0.1, 0.15) is 12.7 Å². The summed E-state index contributed by atoms with van der Waals surface area (Å²) in [5.74, 6) is -0.495. The average Bonchev–Trinajstić information content (AvgIpc) is 2.77. The van der Waals surface area contributed by atoms with E-state index in [0.717, 1.165) is 25.5 Å². The smallest absolute Gasteiger partial charge is 0.333 e. The van der Waals surface area contributed by atoms with Crippen molar-refractivity contribution in [3.63, 3.8) is 0 Å². The minimum absolute atomic E-state index is 0.0820. The van der Waals surface area contributed by atoms with Gasteiger partial charge in [-0.1, -0.05) is 50.3 Å². The third-order valence-electron chi connectivity index (χ3n) is 6.78. The summed E-state index contributed by atoms with van der Waals surface area (Å²) in [5.41, 5.74) is 0.317. The molecule has 10 heteroatoms. The highest BCUT2D eigenvalue weighted by molar-refractivity contribution is 7.05. The first kappa shape index (κ1) is 36.7. The zero-order chi connectivity index (χ0) is 28.9. The lowest BCUT2D eigenvalue weighted by molar-refractivity contribution is -0.143. The Morgan fingerprint density at radius 3 is 1.97 bits per heavy atom. The Morgan fingerprint density at radius 2 is 1.41 bits per heavy atom. The van der Waals surface area contributed by atoms with Crippen LogP contribution >= 0.6 is 0 Å². The number of aliphatic hydroxyl groups excluding tert-OH is 1. The summed E-state index contributed by atoms with van der Waals surface area (Å²) in [6.07, 6.45) is 3.67.